The van der Waals surface area contributed by atoms with Crippen molar-refractivity contribution < 1.29 is 9.47 Å². The highest BCUT2D eigenvalue weighted by atomic mass is 16.5. The van der Waals surface area contributed by atoms with Crippen LogP contribution in [0, 0.1) is 5.41 Å². The lowest BCUT2D eigenvalue weighted by Gasteiger charge is -2.43. The summed E-state index contributed by atoms with van der Waals surface area (Å²) in [6, 6.07) is 0. The Morgan fingerprint density at radius 3 is 2.00 bits per heavy atom. The summed E-state index contributed by atoms with van der Waals surface area (Å²) in [5.41, 5.74) is -0.0254. The van der Waals surface area contributed by atoms with E-state index in [1.807, 2.05) is 0 Å². The lowest BCUT2D eigenvalue weighted by atomic mass is 9.72. The number of methoxy groups -OCH3 is 2. The fraction of sp³-hybridized carbons (Fsp3) is 1.00. The summed E-state index contributed by atoms with van der Waals surface area (Å²) in [4.78, 5) is 0. The molecule has 15 heavy (non-hydrogen) atoms. The van der Waals surface area contributed by atoms with E-state index in [1.165, 1.54) is 19.3 Å². The quantitative estimate of drug-likeness (QED) is 0.577. The van der Waals surface area contributed by atoms with Gasteiger partial charge in [0.15, 0.2) is 0 Å². The molecule has 0 amide bonds. The van der Waals surface area contributed by atoms with Gasteiger partial charge < -0.3 is 9.47 Å². The van der Waals surface area contributed by atoms with Crippen LogP contribution in [0.25, 0.3) is 0 Å². The van der Waals surface area contributed by atoms with E-state index in [4.69, 9.17) is 9.47 Å². The third kappa shape index (κ3) is 4.12. The molecule has 0 aromatic rings. The number of unbranched alkanes of at least 4 members (excludes halogenated alkanes) is 2. The van der Waals surface area contributed by atoms with E-state index >= 15 is 0 Å². The lowest BCUT2D eigenvalue weighted by Crippen LogP contribution is -2.46. The van der Waals surface area contributed by atoms with E-state index in [1.54, 1.807) is 14.2 Å². The van der Waals surface area contributed by atoms with Crippen LogP contribution in [0.5, 0.6) is 0 Å². The van der Waals surface area contributed by atoms with Gasteiger partial charge in [0.05, 0.1) is 12.2 Å². The average Bonchev–Trinajstić information content (AvgIpc) is 2.18. The van der Waals surface area contributed by atoms with Crippen LogP contribution in [0.15, 0.2) is 0 Å². The van der Waals surface area contributed by atoms with Gasteiger partial charge in [0.25, 0.3) is 0 Å². The van der Waals surface area contributed by atoms with Crippen LogP contribution in [0.2, 0.25) is 0 Å². The highest BCUT2D eigenvalue weighted by molar-refractivity contribution is 4.90. The molecule has 0 rings (SSSR count). The van der Waals surface area contributed by atoms with Crippen molar-refractivity contribution in [3.63, 3.8) is 0 Å². The van der Waals surface area contributed by atoms with Crippen LogP contribution in [0.4, 0.5) is 0 Å². The van der Waals surface area contributed by atoms with Crippen LogP contribution in [0.1, 0.15) is 53.4 Å². The summed E-state index contributed by atoms with van der Waals surface area (Å²) < 4.78 is 11.0. The molecule has 0 fully saturated rings. The second kappa shape index (κ2) is 6.49. The molecule has 0 aliphatic carbocycles. The normalized spacial score (nSPS) is 16.4. The second-order valence-electron chi connectivity index (χ2n) is 5.17. The predicted molar refractivity (Wildman–Crippen MR) is 65.2 cm³/mol. The fourth-order valence-corrected chi connectivity index (χ4v) is 1.88. The van der Waals surface area contributed by atoms with Gasteiger partial charge in [0.1, 0.15) is 0 Å². The van der Waals surface area contributed by atoms with Crippen molar-refractivity contribution in [1.82, 2.24) is 0 Å². The maximum atomic E-state index is 5.61. The Morgan fingerprint density at radius 2 is 1.60 bits per heavy atom. The molecule has 92 valence electrons. The summed E-state index contributed by atoms with van der Waals surface area (Å²) in [5.74, 6) is 0. The fourth-order valence-electron chi connectivity index (χ4n) is 1.88. The molecule has 0 heterocycles. The van der Waals surface area contributed by atoms with Crippen LogP contribution in [0.3, 0.4) is 0 Å². The summed E-state index contributed by atoms with van der Waals surface area (Å²) >= 11 is 0. The van der Waals surface area contributed by atoms with Gasteiger partial charge in [-0.25, -0.2) is 0 Å². The highest BCUT2D eigenvalue weighted by Crippen LogP contribution is 2.38. The Kier molecular flexibility index (Phi) is 6.46. The smallest absolute Gasteiger partial charge is 0.0698 e. The van der Waals surface area contributed by atoms with Crippen LogP contribution < -0.4 is 0 Å². The lowest BCUT2D eigenvalue weighted by molar-refractivity contribution is -0.112. The van der Waals surface area contributed by atoms with Crippen molar-refractivity contribution in [1.29, 1.82) is 0 Å². The molecule has 0 saturated carbocycles. The van der Waals surface area contributed by atoms with Gasteiger partial charge in [-0.3, -0.25) is 0 Å². The molecule has 0 saturated heterocycles. The van der Waals surface area contributed by atoms with Gasteiger partial charge in [-0.05, 0) is 20.3 Å². The van der Waals surface area contributed by atoms with E-state index in [2.05, 4.69) is 27.7 Å². The summed E-state index contributed by atoms with van der Waals surface area (Å²) in [7, 11) is 3.55. The largest absolute Gasteiger partial charge is 0.384 e. The average molecular weight is 216 g/mol. The van der Waals surface area contributed by atoms with Crippen molar-refractivity contribution in [2.45, 2.75) is 59.0 Å². The Bertz CT molecular complexity index is 166. The molecule has 2 nitrogen and oxygen atoms in total. The van der Waals surface area contributed by atoms with Crippen molar-refractivity contribution in [3.8, 4) is 0 Å². The van der Waals surface area contributed by atoms with Gasteiger partial charge >= 0.3 is 0 Å². The van der Waals surface area contributed by atoms with E-state index in [0.717, 1.165) is 13.0 Å². The zero-order valence-corrected chi connectivity index (χ0v) is 11.4. The van der Waals surface area contributed by atoms with Gasteiger partial charge in [0, 0.05) is 19.6 Å². The Morgan fingerprint density at radius 1 is 1.00 bits per heavy atom. The third-order valence-corrected chi connectivity index (χ3v) is 3.76. The van der Waals surface area contributed by atoms with Crippen molar-refractivity contribution in [3.05, 3.63) is 0 Å². The van der Waals surface area contributed by atoms with Crippen LogP contribution in [-0.4, -0.2) is 26.4 Å². The van der Waals surface area contributed by atoms with E-state index in [9.17, 15) is 0 Å². The molecule has 0 aliphatic rings. The third-order valence-electron chi connectivity index (χ3n) is 3.76. The first-order chi connectivity index (χ1) is 6.93. The molecular weight excluding hydrogens is 188 g/mol. The Hall–Kier alpha value is -0.0800. The number of hydrogen-bond donors (Lipinski definition) is 0. The number of hydrogen-bond acceptors (Lipinski definition) is 2. The maximum absolute atomic E-state index is 5.61. The molecule has 2 heteroatoms. The first kappa shape index (κ1) is 14.9. The van der Waals surface area contributed by atoms with Crippen LogP contribution >= 0.6 is 0 Å². The molecule has 0 bridgehead atoms. The molecule has 0 radical (unpaired) electrons. The van der Waals surface area contributed by atoms with Crippen molar-refractivity contribution in [2.75, 3.05) is 20.8 Å². The Balaban J connectivity index is 4.43. The maximum Gasteiger partial charge on any atom is 0.0698 e. The molecule has 0 aromatic heterocycles. The monoisotopic (exact) mass is 216 g/mol. The molecule has 0 aliphatic heterocycles. The van der Waals surface area contributed by atoms with Gasteiger partial charge in [-0.2, -0.15) is 0 Å². The zero-order chi connectivity index (χ0) is 11.9. The predicted octanol–water partition coefficient (Wildman–Crippen LogP) is 3.64. The van der Waals surface area contributed by atoms with Gasteiger partial charge in [-0.1, -0.05) is 33.1 Å². The van der Waals surface area contributed by atoms with E-state index in [0.29, 0.717) is 0 Å². The SMILES string of the molecule is CCCCCC(C)(COC)C(C)(C)OC. The summed E-state index contributed by atoms with van der Waals surface area (Å²) in [5, 5.41) is 0. The van der Waals surface area contributed by atoms with E-state index in [-0.39, 0.29) is 11.0 Å². The molecule has 0 spiro atoms. The minimum absolute atomic E-state index is 0.103. The zero-order valence-electron chi connectivity index (χ0n) is 11.4. The summed E-state index contributed by atoms with van der Waals surface area (Å²) in [6.45, 7) is 9.55. The highest BCUT2D eigenvalue weighted by Gasteiger charge is 2.40. The molecule has 1 unspecified atom stereocenters. The van der Waals surface area contributed by atoms with Crippen molar-refractivity contribution in [2.24, 2.45) is 5.41 Å². The summed E-state index contributed by atoms with van der Waals surface area (Å²) in [6.07, 6.45) is 4.97. The van der Waals surface area contributed by atoms with Gasteiger partial charge in [-0.15, -0.1) is 0 Å². The first-order valence-electron chi connectivity index (χ1n) is 5.97. The van der Waals surface area contributed by atoms with E-state index < -0.39 is 0 Å². The second-order valence-corrected chi connectivity index (χ2v) is 5.17. The van der Waals surface area contributed by atoms with Crippen molar-refractivity contribution >= 4 is 0 Å². The molecule has 0 N–H and O–H groups in total. The topological polar surface area (TPSA) is 18.5 Å². The minimum atomic E-state index is -0.128. The Labute approximate surface area is 95.3 Å². The van der Waals surface area contributed by atoms with Crippen LogP contribution in [-0.2, 0) is 9.47 Å². The van der Waals surface area contributed by atoms with Gasteiger partial charge in [0.2, 0.25) is 0 Å². The number of rotatable bonds is 8. The standard InChI is InChI=1S/C13H28O2/c1-7-8-9-10-13(4,11-14-5)12(2,3)15-6/h7-11H2,1-6H3. The first-order valence-corrected chi connectivity index (χ1v) is 5.97. The molecule has 0 aromatic carbocycles. The minimum Gasteiger partial charge on any atom is -0.384 e. The molecular formula is C13H28O2. The molecule has 1 atom stereocenters. The number of ether oxygens (including phenoxy) is 2.